The third-order valence-electron chi connectivity index (χ3n) is 6.83. The molecule has 2 atom stereocenters. The zero-order valence-electron chi connectivity index (χ0n) is 22.5. The molecule has 39 heavy (non-hydrogen) atoms. The van der Waals surface area contributed by atoms with Crippen LogP contribution in [0.1, 0.15) is 30.4 Å². The summed E-state index contributed by atoms with van der Waals surface area (Å²) < 4.78 is 12.2. The van der Waals surface area contributed by atoms with Gasteiger partial charge in [-0.3, -0.25) is 4.79 Å². The smallest absolute Gasteiger partial charge is 0.240 e. The van der Waals surface area contributed by atoms with Gasteiger partial charge >= 0.3 is 0 Å². The first-order valence-electron chi connectivity index (χ1n) is 13.3. The number of aliphatic imine (C=N–C) groups is 1. The average molecular weight is 526 g/mol. The van der Waals surface area contributed by atoms with Crippen molar-refractivity contribution in [3.8, 4) is 11.5 Å². The van der Waals surface area contributed by atoms with Crippen molar-refractivity contribution in [1.29, 1.82) is 0 Å². The van der Waals surface area contributed by atoms with E-state index in [1.54, 1.807) is 19.2 Å². The molecule has 3 aromatic carbocycles. The van der Waals surface area contributed by atoms with Crippen LogP contribution in [0, 0.1) is 5.92 Å². The molecule has 1 heterocycles. The molecule has 1 unspecified atom stereocenters. The summed E-state index contributed by atoms with van der Waals surface area (Å²) in [6.07, 6.45) is 8.99. The number of hydrogen-bond donors (Lipinski definition) is 1. The highest BCUT2D eigenvalue weighted by Gasteiger charge is 2.27. The summed E-state index contributed by atoms with van der Waals surface area (Å²) in [4.78, 5) is 28.2. The summed E-state index contributed by atoms with van der Waals surface area (Å²) in [5, 5.41) is 3.01. The minimum atomic E-state index is -0.205. The number of para-hydroxylation sites is 2. The van der Waals surface area contributed by atoms with Crippen molar-refractivity contribution in [3.05, 3.63) is 96.1 Å². The Morgan fingerprint density at radius 1 is 1.05 bits per heavy atom. The number of benzene rings is 3. The Kier molecular flexibility index (Phi) is 10.1. The molecule has 0 spiro atoms. The molecule has 0 radical (unpaired) electrons. The predicted molar refractivity (Wildman–Crippen MR) is 153 cm³/mol. The normalized spacial score (nSPS) is 18.3. The molecule has 1 aliphatic carbocycles. The lowest BCUT2D eigenvalue weighted by Crippen LogP contribution is -2.30. The zero-order chi connectivity index (χ0) is 27.5. The molecular weight excluding hydrogens is 490 g/mol. The molecule has 0 saturated carbocycles. The quantitative estimate of drug-likeness (QED) is 0.240. The Hall–Kier alpha value is -4.19. The van der Waals surface area contributed by atoms with E-state index in [0.29, 0.717) is 12.1 Å². The number of carbonyl (C=O) groups is 1. The van der Waals surface area contributed by atoms with Crippen LogP contribution in [0.2, 0.25) is 0 Å². The SMILES string of the molecule is COc1ccc2c(c1OC1CC=C[C@H](C(=O)Nc3ccccc3)C1)CCCN(C)C2.O=C=Nc1ccccc1. The van der Waals surface area contributed by atoms with Crippen molar-refractivity contribution in [3.63, 3.8) is 0 Å². The minimum absolute atomic E-state index is 0.00577. The summed E-state index contributed by atoms with van der Waals surface area (Å²) in [6.45, 7) is 1.99. The van der Waals surface area contributed by atoms with Crippen LogP contribution in [-0.2, 0) is 22.6 Å². The monoisotopic (exact) mass is 525 g/mol. The molecule has 3 aromatic rings. The largest absolute Gasteiger partial charge is 0.493 e. The van der Waals surface area contributed by atoms with Crippen LogP contribution in [0.4, 0.5) is 11.4 Å². The standard InChI is InChI=1S/C25H30N2O3.C7H5NO/c1-27-15-7-12-22-19(17-27)13-14-23(29-2)24(22)30-21-11-6-8-18(16-21)25(28)26-20-9-4-3-5-10-20;9-6-8-7-4-2-1-3-5-7/h3-6,8-10,13-14,18,21H,7,11-12,15-17H2,1-2H3,(H,26,28);1-5H/t18-,21?;/m0./s1. The molecule has 0 fully saturated rings. The molecule has 0 bridgehead atoms. The van der Waals surface area contributed by atoms with E-state index in [0.717, 1.165) is 49.5 Å². The highest BCUT2D eigenvalue weighted by atomic mass is 16.5. The van der Waals surface area contributed by atoms with E-state index in [4.69, 9.17) is 9.47 Å². The number of isocyanates is 1. The first-order valence-corrected chi connectivity index (χ1v) is 13.3. The summed E-state index contributed by atoms with van der Waals surface area (Å²) >= 11 is 0. The molecular formula is C32H35N3O4. The minimum Gasteiger partial charge on any atom is -0.493 e. The molecule has 5 rings (SSSR count). The Balaban J connectivity index is 0.000000333. The summed E-state index contributed by atoms with van der Waals surface area (Å²) in [6, 6.07) is 22.7. The van der Waals surface area contributed by atoms with Crippen LogP contribution in [0.25, 0.3) is 0 Å². The summed E-state index contributed by atoms with van der Waals surface area (Å²) in [5.41, 5.74) is 4.01. The van der Waals surface area contributed by atoms with E-state index in [1.165, 1.54) is 17.2 Å². The molecule has 0 saturated heterocycles. The first-order chi connectivity index (χ1) is 19.1. The molecule has 1 N–H and O–H groups in total. The van der Waals surface area contributed by atoms with Crippen molar-refractivity contribution in [2.75, 3.05) is 26.0 Å². The number of methoxy groups -OCH3 is 1. The fourth-order valence-corrected chi connectivity index (χ4v) is 4.88. The summed E-state index contributed by atoms with van der Waals surface area (Å²) in [7, 11) is 3.84. The molecule has 0 aromatic heterocycles. The highest BCUT2D eigenvalue weighted by Crippen LogP contribution is 2.38. The van der Waals surface area contributed by atoms with Crippen molar-refractivity contribution in [1.82, 2.24) is 4.90 Å². The number of nitrogens with one attached hydrogen (secondary N) is 1. The predicted octanol–water partition coefficient (Wildman–Crippen LogP) is 6.08. The molecule has 2 aliphatic rings. The lowest BCUT2D eigenvalue weighted by Gasteiger charge is -2.27. The van der Waals surface area contributed by atoms with Gasteiger partial charge in [-0.1, -0.05) is 54.6 Å². The molecule has 7 nitrogen and oxygen atoms in total. The van der Waals surface area contributed by atoms with Gasteiger partial charge in [0.1, 0.15) is 6.10 Å². The van der Waals surface area contributed by atoms with E-state index in [1.807, 2.05) is 60.7 Å². The van der Waals surface area contributed by atoms with Gasteiger partial charge in [0.25, 0.3) is 0 Å². The number of carbonyl (C=O) groups excluding carboxylic acids is 2. The van der Waals surface area contributed by atoms with Crippen LogP contribution in [0.15, 0.2) is 89.9 Å². The van der Waals surface area contributed by atoms with Crippen molar-refractivity contribution < 1.29 is 19.1 Å². The molecule has 202 valence electrons. The van der Waals surface area contributed by atoms with Crippen LogP contribution in [0.3, 0.4) is 0 Å². The first kappa shape index (κ1) is 27.8. The fourth-order valence-electron chi connectivity index (χ4n) is 4.88. The summed E-state index contributed by atoms with van der Waals surface area (Å²) in [5.74, 6) is 1.43. The van der Waals surface area contributed by atoms with E-state index in [9.17, 15) is 9.59 Å². The number of ether oxygens (including phenoxy) is 2. The number of fused-ring (bicyclic) bond motifs is 1. The Labute approximate surface area is 230 Å². The second-order valence-electron chi connectivity index (χ2n) is 9.72. The number of rotatable bonds is 6. The van der Waals surface area contributed by atoms with Gasteiger partial charge in [-0.05, 0) is 68.8 Å². The van der Waals surface area contributed by atoms with E-state index in [2.05, 4.69) is 34.4 Å². The number of hydrogen-bond acceptors (Lipinski definition) is 6. The number of nitrogens with zero attached hydrogens (tertiary/aromatic N) is 2. The van der Waals surface area contributed by atoms with Crippen molar-refractivity contribution in [2.24, 2.45) is 10.9 Å². The Morgan fingerprint density at radius 3 is 2.51 bits per heavy atom. The number of anilines is 1. The van der Waals surface area contributed by atoms with Crippen LogP contribution in [0.5, 0.6) is 11.5 Å². The maximum atomic E-state index is 12.8. The topological polar surface area (TPSA) is 80.2 Å². The van der Waals surface area contributed by atoms with Gasteiger partial charge in [0.2, 0.25) is 12.0 Å². The maximum Gasteiger partial charge on any atom is 0.240 e. The highest BCUT2D eigenvalue weighted by molar-refractivity contribution is 5.93. The lowest BCUT2D eigenvalue weighted by molar-refractivity contribution is -0.119. The van der Waals surface area contributed by atoms with Crippen LogP contribution < -0.4 is 14.8 Å². The second-order valence-corrected chi connectivity index (χ2v) is 9.72. The Morgan fingerprint density at radius 2 is 1.79 bits per heavy atom. The molecule has 7 heteroatoms. The lowest BCUT2D eigenvalue weighted by atomic mass is 9.92. The molecule has 1 amide bonds. The van der Waals surface area contributed by atoms with Crippen LogP contribution in [-0.4, -0.2) is 43.7 Å². The van der Waals surface area contributed by atoms with Gasteiger partial charge in [0.15, 0.2) is 11.5 Å². The van der Waals surface area contributed by atoms with Crippen molar-refractivity contribution >= 4 is 23.4 Å². The zero-order valence-corrected chi connectivity index (χ0v) is 22.5. The van der Waals surface area contributed by atoms with Crippen LogP contribution >= 0.6 is 0 Å². The van der Waals surface area contributed by atoms with E-state index in [-0.39, 0.29) is 17.9 Å². The molecule has 1 aliphatic heterocycles. The van der Waals surface area contributed by atoms with Gasteiger partial charge < -0.3 is 19.7 Å². The van der Waals surface area contributed by atoms with E-state index < -0.39 is 0 Å². The maximum absolute atomic E-state index is 12.8. The third-order valence-corrected chi connectivity index (χ3v) is 6.83. The Bertz CT molecular complexity index is 1300. The van der Waals surface area contributed by atoms with Gasteiger partial charge in [-0.25, -0.2) is 4.79 Å². The second kappa shape index (κ2) is 14.1. The van der Waals surface area contributed by atoms with Gasteiger partial charge in [0.05, 0.1) is 18.7 Å². The van der Waals surface area contributed by atoms with Gasteiger partial charge in [0, 0.05) is 24.2 Å². The fraction of sp³-hybridized carbons (Fsp3) is 0.312. The van der Waals surface area contributed by atoms with Crippen molar-refractivity contribution in [2.45, 2.75) is 38.3 Å². The average Bonchev–Trinajstić information content (AvgIpc) is 3.16. The van der Waals surface area contributed by atoms with Gasteiger partial charge in [-0.15, -0.1) is 0 Å². The third kappa shape index (κ3) is 7.90. The van der Waals surface area contributed by atoms with Gasteiger partial charge in [-0.2, -0.15) is 4.99 Å². The number of amides is 1. The van der Waals surface area contributed by atoms with E-state index >= 15 is 0 Å².